The van der Waals surface area contributed by atoms with Gasteiger partial charge in [-0.05, 0) is 37.6 Å². The first-order valence-electron chi connectivity index (χ1n) is 9.99. The molecule has 1 saturated heterocycles. The molecule has 4 amide bonds. The Morgan fingerprint density at radius 3 is 2.57 bits per heavy atom. The molecule has 1 unspecified atom stereocenters. The Hall–Kier alpha value is -3.61. The highest BCUT2D eigenvalue weighted by molar-refractivity contribution is 6.08. The van der Waals surface area contributed by atoms with Gasteiger partial charge in [0.15, 0.2) is 0 Å². The van der Waals surface area contributed by atoms with Crippen molar-refractivity contribution in [1.29, 1.82) is 0 Å². The molecule has 3 aromatic rings. The minimum absolute atomic E-state index is 0.114. The van der Waals surface area contributed by atoms with Crippen LogP contribution in [0, 0.1) is 0 Å². The molecule has 2 N–H and O–H groups in total. The minimum Gasteiger partial charge on any atom is -0.345 e. The highest BCUT2D eigenvalue weighted by Crippen LogP contribution is 2.27. The summed E-state index contributed by atoms with van der Waals surface area (Å²) in [6.07, 6.45) is 1.88. The van der Waals surface area contributed by atoms with E-state index in [0.29, 0.717) is 11.7 Å². The van der Waals surface area contributed by atoms with Crippen molar-refractivity contribution in [2.75, 3.05) is 5.32 Å². The van der Waals surface area contributed by atoms with Gasteiger partial charge in [-0.3, -0.25) is 14.5 Å². The average Bonchev–Trinajstić information content (AvgIpc) is 3.27. The Bertz CT molecular complexity index is 1100. The van der Waals surface area contributed by atoms with Crippen LogP contribution in [0.25, 0.3) is 10.9 Å². The van der Waals surface area contributed by atoms with E-state index in [4.69, 9.17) is 0 Å². The molecule has 7 heteroatoms. The molecular weight excluding hydrogens is 380 g/mol. The van der Waals surface area contributed by atoms with Gasteiger partial charge in [0, 0.05) is 17.6 Å². The van der Waals surface area contributed by atoms with Crippen molar-refractivity contribution in [3.05, 3.63) is 66.4 Å². The van der Waals surface area contributed by atoms with Crippen LogP contribution in [0.3, 0.4) is 0 Å². The number of imide groups is 1. The number of aromatic nitrogens is 1. The number of nitrogens with zero attached hydrogens (tertiary/aromatic N) is 2. The van der Waals surface area contributed by atoms with Gasteiger partial charge >= 0.3 is 6.03 Å². The first kappa shape index (κ1) is 19.7. The molecule has 1 aliphatic heterocycles. The van der Waals surface area contributed by atoms with Crippen LogP contribution in [-0.2, 0) is 16.1 Å². The molecule has 0 spiro atoms. The standard InChI is InChI=1S/C23H24N4O3/c1-15(2)26-12-11-17-18(9-6-10-20(17)26)24-21(28)13-19-22(29)27(23(30)25-19)14-16-7-4-3-5-8-16/h3-12,15,19H,13-14H2,1-2H3,(H,24,28)(H,25,30). The van der Waals surface area contributed by atoms with E-state index in [2.05, 4.69) is 29.0 Å². The molecule has 0 aliphatic carbocycles. The maximum Gasteiger partial charge on any atom is 0.325 e. The first-order chi connectivity index (χ1) is 14.4. The third-order valence-electron chi connectivity index (χ3n) is 5.27. The fraction of sp³-hybridized carbons (Fsp3) is 0.261. The van der Waals surface area contributed by atoms with Crippen LogP contribution in [0.1, 0.15) is 31.9 Å². The largest absolute Gasteiger partial charge is 0.345 e. The molecule has 2 aromatic carbocycles. The topological polar surface area (TPSA) is 83.4 Å². The lowest BCUT2D eigenvalue weighted by atomic mass is 10.1. The Balaban J connectivity index is 1.44. The van der Waals surface area contributed by atoms with Gasteiger partial charge in [-0.2, -0.15) is 0 Å². The summed E-state index contributed by atoms with van der Waals surface area (Å²) in [5.41, 5.74) is 2.57. The molecule has 30 heavy (non-hydrogen) atoms. The Morgan fingerprint density at radius 2 is 1.83 bits per heavy atom. The quantitative estimate of drug-likeness (QED) is 0.615. The number of carbonyl (C=O) groups excluding carboxylic acids is 3. The number of anilines is 1. The predicted octanol–water partition coefficient (Wildman–Crippen LogP) is 3.67. The lowest BCUT2D eigenvalue weighted by Crippen LogP contribution is -2.34. The van der Waals surface area contributed by atoms with Gasteiger partial charge < -0.3 is 15.2 Å². The van der Waals surface area contributed by atoms with E-state index < -0.39 is 12.1 Å². The highest BCUT2D eigenvalue weighted by Gasteiger charge is 2.39. The number of amides is 4. The van der Waals surface area contributed by atoms with E-state index in [9.17, 15) is 14.4 Å². The molecule has 1 fully saturated rings. The van der Waals surface area contributed by atoms with Crippen LogP contribution in [0.2, 0.25) is 0 Å². The lowest BCUT2D eigenvalue weighted by molar-refractivity contribution is -0.130. The van der Waals surface area contributed by atoms with Gasteiger partial charge in [-0.1, -0.05) is 36.4 Å². The summed E-state index contributed by atoms with van der Waals surface area (Å²) in [5, 5.41) is 6.45. The summed E-state index contributed by atoms with van der Waals surface area (Å²) in [6.45, 7) is 4.38. The molecule has 1 aromatic heterocycles. The molecule has 1 atom stereocenters. The number of hydrogen-bond donors (Lipinski definition) is 2. The van der Waals surface area contributed by atoms with Crippen LogP contribution in [0.15, 0.2) is 60.8 Å². The number of urea groups is 1. The summed E-state index contributed by atoms with van der Waals surface area (Å²) in [5.74, 6) is -0.705. The van der Waals surface area contributed by atoms with Gasteiger partial charge in [0.05, 0.1) is 24.2 Å². The zero-order valence-corrected chi connectivity index (χ0v) is 17.0. The zero-order valence-electron chi connectivity index (χ0n) is 17.0. The fourth-order valence-electron chi connectivity index (χ4n) is 3.77. The van der Waals surface area contributed by atoms with Crippen LogP contribution < -0.4 is 10.6 Å². The Labute approximate surface area is 174 Å². The molecule has 7 nitrogen and oxygen atoms in total. The van der Waals surface area contributed by atoms with Crippen LogP contribution >= 0.6 is 0 Å². The Morgan fingerprint density at radius 1 is 1.07 bits per heavy atom. The third-order valence-corrected chi connectivity index (χ3v) is 5.27. The minimum atomic E-state index is -0.860. The van der Waals surface area contributed by atoms with Crippen molar-refractivity contribution in [3.63, 3.8) is 0 Å². The molecular formula is C23H24N4O3. The van der Waals surface area contributed by atoms with Gasteiger partial charge in [0.1, 0.15) is 6.04 Å². The number of hydrogen-bond acceptors (Lipinski definition) is 3. The smallest absolute Gasteiger partial charge is 0.325 e. The number of rotatable bonds is 6. The maximum atomic E-state index is 12.7. The second kappa shape index (κ2) is 8.02. The lowest BCUT2D eigenvalue weighted by Gasteiger charge is -2.13. The maximum absolute atomic E-state index is 12.7. The number of fused-ring (bicyclic) bond motifs is 1. The first-order valence-corrected chi connectivity index (χ1v) is 9.99. The van der Waals surface area contributed by atoms with Crippen molar-refractivity contribution in [1.82, 2.24) is 14.8 Å². The van der Waals surface area contributed by atoms with E-state index in [0.717, 1.165) is 21.4 Å². The summed E-state index contributed by atoms with van der Waals surface area (Å²) in [6, 6.07) is 15.9. The fourth-order valence-corrected chi connectivity index (χ4v) is 3.77. The highest BCUT2D eigenvalue weighted by atomic mass is 16.2. The number of nitrogens with one attached hydrogen (secondary N) is 2. The summed E-state index contributed by atoms with van der Waals surface area (Å²) < 4.78 is 2.13. The summed E-state index contributed by atoms with van der Waals surface area (Å²) >= 11 is 0. The van der Waals surface area contributed by atoms with Crippen molar-refractivity contribution in [2.24, 2.45) is 0 Å². The normalized spacial score (nSPS) is 16.4. The average molecular weight is 404 g/mol. The van der Waals surface area contributed by atoms with E-state index in [1.165, 1.54) is 0 Å². The van der Waals surface area contributed by atoms with Crippen molar-refractivity contribution in [3.8, 4) is 0 Å². The monoisotopic (exact) mass is 404 g/mol. The van der Waals surface area contributed by atoms with Gasteiger partial charge in [-0.25, -0.2) is 4.79 Å². The predicted molar refractivity (Wildman–Crippen MR) is 115 cm³/mol. The zero-order chi connectivity index (χ0) is 21.3. The van der Waals surface area contributed by atoms with Gasteiger partial charge in [0.25, 0.3) is 5.91 Å². The van der Waals surface area contributed by atoms with Crippen molar-refractivity contribution >= 4 is 34.4 Å². The third kappa shape index (κ3) is 3.78. The van der Waals surface area contributed by atoms with Crippen LogP contribution in [0.5, 0.6) is 0 Å². The Kier molecular flexibility index (Phi) is 5.27. The SMILES string of the molecule is CC(C)n1ccc2c(NC(=O)CC3NC(=O)N(Cc4ccccc4)C3=O)cccc21. The molecule has 0 bridgehead atoms. The molecule has 154 valence electrons. The van der Waals surface area contributed by atoms with Crippen LogP contribution in [0.4, 0.5) is 10.5 Å². The van der Waals surface area contributed by atoms with Gasteiger partial charge in [0.2, 0.25) is 5.91 Å². The molecule has 0 radical (unpaired) electrons. The molecule has 1 aliphatic rings. The number of carbonyl (C=O) groups is 3. The summed E-state index contributed by atoms with van der Waals surface area (Å²) in [4.78, 5) is 38.7. The molecule has 2 heterocycles. The van der Waals surface area contributed by atoms with Crippen molar-refractivity contribution < 1.29 is 14.4 Å². The van der Waals surface area contributed by atoms with Crippen LogP contribution in [-0.4, -0.2) is 33.4 Å². The van der Waals surface area contributed by atoms with Crippen molar-refractivity contribution in [2.45, 2.75) is 38.9 Å². The van der Waals surface area contributed by atoms with E-state index >= 15 is 0 Å². The van der Waals surface area contributed by atoms with E-state index in [1.807, 2.05) is 60.8 Å². The summed E-state index contributed by atoms with van der Waals surface area (Å²) in [7, 11) is 0. The molecule has 0 saturated carbocycles. The second-order valence-electron chi connectivity index (χ2n) is 7.72. The van der Waals surface area contributed by atoms with E-state index in [-0.39, 0.29) is 24.8 Å². The van der Waals surface area contributed by atoms with Gasteiger partial charge in [-0.15, -0.1) is 0 Å². The second-order valence-corrected chi connectivity index (χ2v) is 7.72. The molecule has 4 rings (SSSR count). The van der Waals surface area contributed by atoms with E-state index in [1.54, 1.807) is 0 Å². The number of benzene rings is 2.